The third kappa shape index (κ3) is 3.44. The molecule has 1 aromatic rings. The lowest BCUT2D eigenvalue weighted by atomic mass is 10.1. The molecule has 0 saturated carbocycles. The van der Waals surface area contributed by atoms with Crippen molar-refractivity contribution in [3.8, 4) is 0 Å². The average Bonchev–Trinajstić information content (AvgIpc) is 2.99. The van der Waals surface area contributed by atoms with Crippen molar-refractivity contribution < 1.29 is 4.74 Å². The molecule has 3 heterocycles. The Kier molecular flexibility index (Phi) is 4.55. The van der Waals surface area contributed by atoms with E-state index in [2.05, 4.69) is 15.3 Å². The number of aromatic nitrogens is 2. The summed E-state index contributed by atoms with van der Waals surface area (Å²) in [6.07, 6.45) is 6.66. The van der Waals surface area contributed by atoms with Crippen molar-refractivity contribution in [1.29, 1.82) is 0 Å². The van der Waals surface area contributed by atoms with Crippen molar-refractivity contribution >= 4 is 5.69 Å². The van der Waals surface area contributed by atoms with Gasteiger partial charge in [-0.25, -0.2) is 4.68 Å². The Bertz CT molecular complexity index is 525. The molecule has 0 amide bonds. The lowest BCUT2D eigenvalue weighted by molar-refractivity contribution is 0.121. The Morgan fingerprint density at radius 2 is 2.33 bits per heavy atom. The van der Waals surface area contributed by atoms with Crippen LogP contribution in [0.3, 0.4) is 0 Å². The Balaban J connectivity index is 1.66. The summed E-state index contributed by atoms with van der Waals surface area (Å²) in [6.45, 7) is 3.48. The quantitative estimate of drug-likeness (QED) is 0.881. The molecule has 1 N–H and O–H groups in total. The molecule has 2 saturated heterocycles. The normalized spacial score (nSPS) is 26.2. The number of nitrogens with zero attached hydrogens (tertiary/aromatic N) is 3. The van der Waals surface area contributed by atoms with E-state index in [0.717, 1.165) is 38.2 Å². The minimum absolute atomic E-state index is 0.0132. The maximum Gasteiger partial charge on any atom is 0.268 e. The number of methoxy groups -OCH3 is 1. The fourth-order valence-corrected chi connectivity index (χ4v) is 3.18. The molecule has 2 aliphatic rings. The minimum Gasteiger partial charge on any atom is -0.380 e. The molecule has 116 valence electrons. The molecule has 0 radical (unpaired) electrons. The average molecular weight is 292 g/mol. The van der Waals surface area contributed by atoms with Gasteiger partial charge in [-0.1, -0.05) is 6.42 Å². The first kappa shape index (κ1) is 14.5. The summed E-state index contributed by atoms with van der Waals surface area (Å²) in [5, 5.41) is 7.80. The fourth-order valence-electron chi connectivity index (χ4n) is 3.18. The van der Waals surface area contributed by atoms with Crippen LogP contribution in [-0.2, 0) is 11.3 Å². The van der Waals surface area contributed by atoms with Gasteiger partial charge in [-0.15, -0.1) is 0 Å². The van der Waals surface area contributed by atoms with Crippen LogP contribution < -0.4 is 15.8 Å². The zero-order valence-electron chi connectivity index (χ0n) is 12.6. The van der Waals surface area contributed by atoms with E-state index >= 15 is 0 Å². The van der Waals surface area contributed by atoms with Crippen LogP contribution in [0.25, 0.3) is 0 Å². The third-order valence-corrected chi connectivity index (χ3v) is 4.50. The van der Waals surface area contributed by atoms with Crippen LogP contribution in [-0.4, -0.2) is 48.7 Å². The first-order chi connectivity index (χ1) is 10.3. The van der Waals surface area contributed by atoms with E-state index in [1.807, 2.05) is 6.20 Å². The van der Waals surface area contributed by atoms with E-state index in [4.69, 9.17) is 4.74 Å². The summed E-state index contributed by atoms with van der Waals surface area (Å²) in [7, 11) is 1.74. The molecule has 3 rings (SSSR count). The second kappa shape index (κ2) is 6.58. The standard InChI is InChI=1S/C15H24N4O2/c1-21-14-5-7-18(11-14)13-8-15(20)19(17-9-13)10-12-4-2-3-6-16-12/h8-9,12,14,16H,2-7,10-11H2,1H3. The first-order valence-corrected chi connectivity index (χ1v) is 7.84. The van der Waals surface area contributed by atoms with Gasteiger partial charge >= 0.3 is 0 Å². The minimum atomic E-state index is -0.0132. The maximum absolute atomic E-state index is 12.2. The zero-order valence-corrected chi connectivity index (χ0v) is 12.6. The molecule has 6 nitrogen and oxygen atoms in total. The van der Waals surface area contributed by atoms with Crippen LogP contribution in [0, 0.1) is 0 Å². The molecule has 21 heavy (non-hydrogen) atoms. The number of rotatable bonds is 4. The molecular weight excluding hydrogens is 268 g/mol. The molecule has 6 heteroatoms. The number of hydrogen-bond donors (Lipinski definition) is 1. The molecule has 1 aromatic heterocycles. The van der Waals surface area contributed by atoms with E-state index < -0.39 is 0 Å². The van der Waals surface area contributed by atoms with Crippen LogP contribution in [0.2, 0.25) is 0 Å². The summed E-state index contributed by atoms with van der Waals surface area (Å²) in [5.41, 5.74) is 0.896. The largest absolute Gasteiger partial charge is 0.380 e. The van der Waals surface area contributed by atoms with E-state index in [9.17, 15) is 4.79 Å². The lowest BCUT2D eigenvalue weighted by Crippen LogP contribution is -2.40. The van der Waals surface area contributed by atoms with E-state index in [0.29, 0.717) is 12.6 Å². The summed E-state index contributed by atoms with van der Waals surface area (Å²) in [6, 6.07) is 2.08. The Morgan fingerprint density at radius 3 is 3.00 bits per heavy atom. The van der Waals surface area contributed by atoms with Crippen molar-refractivity contribution in [3.63, 3.8) is 0 Å². The molecule has 2 fully saturated rings. The van der Waals surface area contributed by atoms with Crippen LogP contribution in [0.15, 0.2) is 17.1 Å². The SMILES string of the molecule is COC1CCN(c2cnn(CC3CCCCN3)c(=O)c2)C1. The van der Waals surface area contributed by atoms with Crippen molar-refractivity contribution in [2.75, 3.05) is 31.6 Å². The molecule has 0 spiro atoms. The molecule has 2 atom stereocenters. The van der Waals surface area contributed by atoms with Crippen LogP contribution in [0.4, 0.5) is 5.69 Å². The molecule has 0 aliphatic carbocycles. The van der Waals surface area contributed by atoms with E-state index in [1.54, 1.807) is 17.9 Å². The molecule has 0 aromatic carbocycles. The molecular formula is C15H24N4O2. The summed E-state index contributed by atoms with van der Waals surface area (Å²) >= 11 is 0. The van der Waals surface area contributed by atoms with Gasteiger partial charge in [0.15, 0.2) is 0 Å². The van der Waals surface area contributed by atoms with Crippen LogP contribution in [0.1, 0.15) is 25.7 Å². The Labute approximate surface area is 125 Å². The summed E-state index contributed by atoms with van der Waals surface area (Å²) in [5.74, 6) is 0. The van der Waals surface area contributed by atoms with Gasteiger partial charge in [0.1, 0.15) is 0 Å². The van der Waals surface area contributed by atoms with Gasteiger partial charge in [0.2, 0.25) is 0 Å². The van der Waals surface area contributed by atoms with Gasteiger partial charge < -0.3 is 15.0 Å². The van der Waals surface area contributed by atoms with Crippen molar-refractivity contribution in [1.82, 2.24) is 15.1 Å². The monoisotopic (exact) mass is 292 g/mol. The van der Waals surface area contributed by atoms with E-state index in [1.165, 1.54) is 12.8 Å². The zero-order chi connectivity index (χ0) is 14.7. The lowest BCUT2D eigenvalue weighted by Gasteiger charge is -2.24. The van der Waals surface area contributed by atoms with E-state index in [-0.39, 0.29) is 11.7 Å². The molecule has 0 bridgehead atoms. The number of nitrogens with one attached hydrogen (secondary N) is 1. The second-order valence-electron chi connectivity index (χ2n) is 5.97. The number of piperidine rings is 1. The topological polar surface area (TPSA) is 59.4 Å². The highest BCUT2D eigenvalue weighted by Crippen LogP contribution is 2.19. The maximum atomic E-state index is 12.2. The highest BCUT2D eigenvalue weighted by molar-refractivity contribution is 5.44. The van der Waals surface area contributed by atoms with Crippen molar-refractivity contribution in [2.45, 2.75) is 44.4 Å². The number of anilines is 1. The van der Waals surface area contributed by atoms with Crippen LogP contribution >= 0.6 is 0 Å². The van der Waals surface area contributed by atoms with Gasteiger partial charge in [-0.2, -0.15) is 5.10 Å². The predicted octanol–water partition coefficient (Wildman–Crippen LogP) is 0.611. The predicted molar refractivity (Wildman–Crippen MR) is 81.8 cm³/mol. The Morgan fingerprint density at radius 1 is 1.43 bits per heavy atom. The smallest absolute Gasteiger partial charge is 0.268 e. The van der Waals surface area contributed by atoms with Crippen molar-refractivity contribution in [2.24, 2.45) is 0 Å². The van der Waals surface area contributed by atoms with Crippen molar-refractivity contribution in [3.05, 3.63) is 22.6 Å². The summed E-state index contributed by atoms with van der Waals surface area (Å²) in [4.78, 5) is 14.4. The fraction of sp³-hybridized carbons (Fsp3) is 0.733. The van der Waals surface area contributed by atoms with Gasteiger partial charge in [0, 0.05) is 32.3 Å². The molecule has 2 unspecified atom stereocenters. The van der Waals surface area contributed by atoms with Gasteiger partial charge in [0.25, 0.3) is 5.56 Å². The second-order valence-corrected chi connectivity index (χ2v) is 5.97. The first-order valence-electron chi connectivity index (χ1n) is 7.84. The van der Waals surface area contributed by atoms with Gasteiger partial charge in [-0.3, -0.25) is 4.79 Å². The van der Waals surface area contributed by atoms with Crippen LogP contribution in [0.5, 0.6) is 0 Å². The number of ether oxygens (including phenoxy) is 1. The highest BCUT2D eigenvalue weighted by Gasteiger charge is 2.23. The number of hydrogen-bond acceptors (Lipinski definition) is 5. The third-order valence-electron chi connectivity index (χ3n) is 4.50. The van der Waals surface area contributed by atoms with Gasteiger partial charge in [-0.05, 0) is 25.8 Å². The summed E-state index contributed by atoms with van der Waals surface area (Å²) < 4.78 is 6.94. The molecule has 2 aliphatic heterocycles. The highest BCUT2D eigenvalue weighted by atomic mass is 16.5. The Hall–Kier alpha value is -1.40. The van der Waals surface area contributed by atoms with Gasteiger partial charge in [0.05, 0.1) is 24.5 Å².